The Balaban J connectivity index is 2.24. The molecular weight excluding hydrogens is 290 g/mol. The predicted molar refractivity (Wildman–Crippen MR) is 94.5 cm³/mol. The van der Waals surface area contributed by atoms with E-state index in [-0.39, 0.29) is 0 Å². The average Bonchev–Trinajstić information content (AvgIpc) is 2.67. The standard InChI is InChI=1S/C19H21NOS/c1-20(2)13-14-11-12-22-18-10-6-4-8-16(18)19(14)15-7-3-5-9-17(15)21/h3-10,21H,11-13H2,1-2H3. The maximum atomic E-state index is 10.4. The number of likely N-dealkylation sites (N-methyl/N-ethyl adjacent to an activating group) is 1. The van der Waals surface area contributed by atoms with Crippen molar-refractivity contribution in [1.29, 1.82) is 0 Å². The summed E-state index contributed by atoms with van der Waals surface area (Å²) in [6.07, 6.45) is 1.04. The van der Waals surface area contributed by atoms with Crippen LogP contribution in [0.15, 0.2) is 59.0 Å². The molecule has 2 aromatic rings. The Kier molecular flexibility index (Phi) is 4.55. The highest BCUT2D eigenvalue weighted by Gasteiger charge is 2.21. The molecule has 114 valence electrons. The Morgan fingerprint density at radius 3 is 2.41 bits per heavy atom. The van der Waals surface area contributed by atoms with Crippen LogP contribution in [0.25, 0.3) is 5.57 Å². The Labute approximate surface area is 136 Å². The number of thioether (sulfide) groups is 1. The molecule has 22 heavy (non-hydrogen) atoms. The molecule has 0 unspecified atom stereocenters. The van der Waals surface area contributed by atoms with E-state index in [1.807, 2.05) is 30.0 Å². The smallest absolute Gasteiger partial charge is 0.123 e. The fraction of sp³-hybridized carbons (Fsp3) is 0.263. The number of fused-ring (bicyclic) bond motifs is 1. The lowest BCUT2D eigenvalue weighted by Gasteiger charge is -2.19. The molecule has 0 atom stereocenters. The molecule has 0 spiro atoms. The van der Waals surface area contributed by atoms with E-state index in [4.69, 9.17) is 0 Å². The summed E-state index contributed by atoms with van der Waals surface area (Å²) >= 11 is 1.90. The molecule has 0 bridgehead atoms. The Morgan fingerprint density at radius 2 is 1.68 bits per heavy atom. The van der Waals surface area contributed by atoms with Gasteiger partial charge >= 0.3 is 0 Å². The zero-order chi connectivity index (χ0) is 15.5. The maximum absolute atomic E-state index is 10.4. The molecule has 0 saturated carbocycles. The normalized spacial score (nSPS) is 14.9. The van der Waals surface area contributed by atoms with Gasteiger partial charge in [0.05, 0.1) is 0 Å². The first-order valence-electron chi connectivity index (χ1n) is 7.54. The first kappa shape index (κ1) is 15.2. The summed E-state index contributed by atoms with van der Waals surface area (Å²) in [5, 5.41) is 10.4. The largest absolute Gasteiger partial charge is 0.507 e. The molecule has 1 aliphatic rings. The van der Waals surface area contributed by atoms with E-state index >= 15 is 0 Å². The van der Waals surface area contributed by atoms with E-state index in [0.717, 1.165) is 24.3 Å². The van der Waals surface area contributed by atoms with E-state index in [9.17, 15) is 5.11 Å². The third kappa shape index (κ3) is 3.06. The minimum atomic E-state index is 0.357. The van der Waals surface area contributed by atoms with Gasteiger partial charge in [-0.15, -0.1) is 11.8 Å². The number of benzene rings is 2. The predicted octanol–water partition coefficient (Wildman–Crippen LogP) is 4.25. The minimum Gasteiger partial charge on any atom is -0.507 e. The third-order valence-corrected chi connectivity index (χ3v) is 4.93. The zero-order valence-electron chi connectivity index (χ0n) is 13.0. The van der Waals surface area contributed by atoms with Crippen molar-refractivity contribution in [3.05, 3.63) is 65.2 Å². The molecule has 0 saturated heterocycles. The van der Waals surface area contributed by atoms with Crippen molar-refractivity contribution in [3.63, 3.8) is 0 Å². The van der Waals surface area contributed by atoms with Crippen LogP contribution in [0.4, 0.5) is 0 Å². The van der Waals surface area contributed by atoms with Crippen LogP contribution >= 0.6 is 11.8 Å². The summed E-state index contributed by atoms with van der Waals surface area (Å²) in [6.45, 7) is 0.915. The number of rotatable bonds is 3. The number of aromatic hydroxyl groups is 1. The van der Waals surface area contributed by atoms with E-state index in [2.05, 4.69) is 43.3 Å². The lowest BCUT2D eigenvalue weighted by Crippen LogP contribution is -2.16. The Hall–Kier alpha value is -1.71. The first-order chi connectivity index (χ1) is 10.7. The Bertz CT molecular complexity index is 706. The molecule has 0 amide bonds. The molecule has 0 radical (unpaired) electrons. The van der Waals surface area contributed by atoms with Crippen LogP contribution in [0.5, 0.6) is 5.75 Å². The van der Waals surface area contributed by atoms with Crippen molar-refractivity contribution in [2.45, 2.75) is 11.3 Å². The van der Waals surface area contributed by atoms with Crippen LogP contribution in [-0.4, -0.2) is 36.4 Å². The fourth-order valence-electron chi connectivity index (χ4n) is 2.96. The number of hydrogen-bond donors (Lipinski definition) is 1. The highest BCUT2D eigenvalue weighted by atomic mass is 32.2. The molecule has 2 nitrogen and oxygen atoms in total. The number of para-hydroxylation sites is 1. The molecule has 1 heterocycles. The molecule has 0 aromatic heterocycles. The quantitative estimate of drug-likeness (QED) is 0.916. The van der Waals surface area contributed by atoms with Crippen LogP contribution in [0.2, 0.25) is 0 Å². The van der Waals surface area contributed by atoms with Crippen LogP contribution in [0.1, 0.15) is 17.5 Å². The second-order valence-electron chi connectivity index (χ2n) is 5.83. The van der Waals surface area contributed by atoms with Crippen molar-refractivity contribution >= 4 is 17.3 Å². The van der Waals surface area contributed by atoms with E-state index in [1.54, 1.807) is 6.07 Å². The van der Waals surface area contributed by atoms with Crippen LogP contribution in [0.3, 0.4) is 0 Å². The van der Waals surface area contributed by atoms with Gasteiger partial charge in [-0.05, 0) is 49.4 Å². The number of hydrogen-bond acceptors (Lipinski definition) is 3. The molecule has 1 aliphatic heterocycles. The van der Waals surface area contributed by atoms with Crippen molar-refractivity contribution in [2.24, 2.45) is 0 Å². The topological polar surface area (TPSA) is 23.5 Å². The lowest BCUT2D eigenvalue weighted by molar-refractivity contribution is 0.441. The van der Waals surface area contributed by atoms with Crippen molar-refractivity contribution in [3.8, 4) is 5.75 Å². The van der Waals surface area contributed by atoms with Gasteiger partial charge in [-0.25, -0.2) is 0 Å². The molecular formula is C19H21NOS. The van der Waals surface area contributed by atoms with Gasteiger partial charge in [0.2, 0.25) is 0 Å². The van der Waals surface area contributed by atoms with Gasteiger partial charge in [-0.2, -0.15) is 0 Å². The van der Waals surface area contributed by atoms with Crippen molar-refractivity contribution in [2.75, 3.05) is 26.4 Å². The zero-order valence-corrected chi connectivity index (χ0v) is 13.9. The van der Waals surface area contributed by atoms with Crippen LogP contribution < -0.4 is 0 Å². The van der Waals surface area contributed by atoms with Gasteiger partial charge in [-0.1, -0.05) is 36.4 Å². The van der Waals surface area contributed by atoms with Crippen LogP contribution in [-0.2, 0) is 0 Å². The van der Waals surface area contributed by atoms with Gasteiger partial charge < -0.3 is 10.0 Å². The van der Waals surface area contributed by atoms with Crippen molar-refractivity contribution < 1.29 is 5.11 Å². The molecule has 0 aliphatic carbocycles. The average molecular weight is 311 g/mol. The molecule has 3 heteroatoms. The van der Waals surface area contributed by atoms with Gasteiger partial charge in [0.25, 0.3) is 0 Å². The van der Waals surface area contributed by atoms with Gasteiger partial charge in [0.1, 0.15) is 5.75 Å². The lowest BCUT2D eigenvalue weighted by atomic mass is 9.91. The summed E-state index contributed by atoms with van der Waals surface area (Å²) in [7, 11) is 4.19. The molecule has 2 aromatic carbocycles. The fourth-order valence-corrected chi connectivity index (χ4v) is 4.03. The minimum absolute atomic E-state index is 0.357. The van der Waals surface area contributed by atoms with E-state index < -0.39 is 0 Å². The SMILES string of the molecule is CN(C)CC1=C(c2ccccc2O)c2ccccc2SCC1. The maximum Gasteiger partial charge on any atom is 0.123 e. The highest BCUT2D eigenvalue weighted by molar-refractivity contribution is 7.99. The molecule has 3 rings (SSSR count). The second kappa shape index (κ2) is 6.59. The van der Waals surface area contributed by atoms with Crippen LogP contribution in [0, 0.1) is 0 Å². The number of phenolic OH excluding ortho intramolecular Hbond substituents is 1. The van der Waals surface area contributed by atoms with Gasteiger partial charge in [0.15, 0.2) is 0 Å². The summed E-state index contributed by atoms with van der Waals surface area (Å²) in [5.74, 6) is 1.44. The molecule has 0 fully saturated rings. The number of nitrogens with zero attached hydrogens (tertiary/aromatic N) is 1. The highest BCUT2D eigenvalue weighted by Crippen LogP contribution is 2.41. The molecule has 1 N–H and O–H groups in total. The van der Waals surface area contributed by atoms with E-state index in [0.29, 0.717) is 5.75 Å². The second-order valence-corrected chi connectivity index (χ2v) is 6.96. The van der Waals surface area contributed by atoms with E-state index in [1.165, 1.54) is 21.6 Å². The Morgan fingerprint density at radius 1 is 1.00 bits per heavy atom. The first-order valence-corrected chi connectivity index (χ1v) is 8.52. The van der Waals surface area contributed by atoms with Crippen molar-refractivity contribution in [1.82, 2.24) is 4.90 Å². The number of phenols is 1. The summed E-state index contributed by atoms with van der Waals surface area (Å²) < 4.78 is 0. The van der Waals surface area contributed by atoms with Gasteiger partial charge in [0, 0.05) is 22.8 Å². The monoisotopic (exact) mass is 311 g/mol. The summed E-state index contributed by atoms with van der Waals surface area (Å²) in [6, 6.07) is 16.2. The van der Waals surface area contributed by atoms with Gasteiger partial charge in [-0.3, -0.25) is 0 Å². The summed E-state index contributed by atoms with van der Waals surface area (Å²) in [5.41, 5.74) is 4.77. The third-order valence-electron chi connectivity index (χ3n) is 3.85. The summed E-state index contributed by atoms with van der Waals surface area (Å²) in [4.78, 5) is 3.50.